The van der Waals surface area contributed by atoms with Crippen LogP contribution < -0.4 is 4.74 Å². The highest BCUT2D eigenvalue weighted by Gasteiger charge is 2.32. The molecule has 1 fully saturated rings. The van der Waals surface area contributed by atoms with Gasteiger partial charge in [-0.25, -0.2) is 4.39 Å². The van der Waals surface area contributed by atoms with E-state index in [9.17, 15) is 9.18 Å². The highest BCUT2D eigenvalue weighted by atomic mass is 19.1. The van der Waals surface area contributed by atoms with Crippen LogP contribution >= 0.6 is 0 Å². The van der Waals surface area contributed by atoms with E-state index in [2.05, 4.69) is 0 Å². The van der Waals surface area contributed by atoms with Crippen molar-refractivity contribution in [1.82, 2.24) is 4.90 Å². The van der Waals surface area contributed by atoms with E-state index < -0.39 is 5.82 Å². The van der Waals surface area contributed by atoms with E-state index in [0.717, 1.165) is 0 Å². The van der Waals surface area contributed by atoms with Crippen molar-refractivity contribution in [2.75, 3.05) is 13.7 Å². The number of ether oxygens (including phenoxy) is 1. The third-order valence-electron chi connectivity index (χ3n) is 3.50. The van der Waals surface area contributed by atoms with E-state index in [1.54, 1.807) is 24.1 Å². The minimum atomic E-state index is -0.441. The van der Waals surface area contributed by atoms with Gasteiger partial charge in [-0.3, -0.25) is 4.79 Å². The Morgan fingerprint density at radius 3 is 2.78 bits per heavy atom. The van der Waals surface area contributed by atoms with Crippen molar-refractivity contribution in [3.05, 3.63) is 30.1 Å². The molecule has 1 atom stereocenters. The fraction of sp³-hybridized carbons (Fsp3) is 0.500. The molecule has 1 unspecified atom stereocenters. The lowest BCUT2D eigenvalue weighted by molar-refractivity contribution is -0.134. The van der Waals surface area contributed by atoms with Crippen LogP contribution in [0.5, 0.6) is 5.75 Å². The van der Waals surface area contributed by atoms with Gasteiger partial charge in [0, 0.05) is 13.1 Å². The summed E-state index contributed by atoms with van der Waals surface area (Å²) in [5.41, 5.74) is 0. The van der Waals surface area contributed by atoms with Gasteiger partial charge in [0.2, 0.25) is 0 Å². The zero-order valence-electron chi connectivity index (χ0n) is 10.7. The summed E-state index contributed by atoms with van der Waals surface area (Å²) >= 11 is 0. The molecule has 0 radical (unpaired) electrons. The van der Waals surface area contributed by atoms with Crippen LogP contribution in [0.3, 0.4) is 0 Å². The number of hydrogen-bond acceptors (Lipinski definition) is 2. The molecule has 18 heavy (non-hydrogen) atoms. The van der Waals surface area contributed by atoms with E-state index >= 15 is 0 Å². The third-order valence-corrected chi connectivity index (χ3v) is 3.50. The topological polar surface area (TPSA) is 29.5 Å². The summed E-state index contributed by atoms with van der Waals surface area (Å²) in [4.78, 5) is 13.6. The Balaban J connectivity index is 1.86. The highest BCUT2D eigenvalue weighted by Crippen LogP contribution is 2.34. The first-order chi connectivity index (χ1) is 8.59. The number of likely N-dealkylation sites (N-methyl/N-ethyl adjacent to an activating group) is 1. The van der Waals surface area contributed by atoms with Crippen LogP contribution in [0.1, 0.15) is 19.8 Å². The lowest BCUT2D eigenvalue weighted by Gasteiger charge is -2.24. The zero-order chi connectivity index (χ0) is 13.1. The van der Waals surface area contributed by atoms with Gasteiger partial charge in [-0.05, 0) is 37.8 Å². The summed E-state index contributed by atoms with van der Waals surface area (Å²) in [5.74, 6) is 0.187. The molecule has 0 N–H and O–H groups in total. The predicted octanol–water partition coefficient (Wildman–Crippen LogP) is 2.46. The van der Waals surface area contributed by atoms with Crippen LogP contribution in [0.15, 0.2) is 24.3 Å². The average Bonchev–Trinajstić information content (AvgIpc) is 3.20. The molecule has 4 heteroatoms. The van der Waals surface area contributed by atoms with E-state index in [4.69, 9.17) is 4.74 Å². The van der Waals surface area contributed by atoms with Crippen LogP contribution in [-0.2, 0) is 4.79 Å². The van der Waals surface area contributed by atoms with Crippen LogP contribution in [0.2, 0.25) is 0 Å². The van der Waals surface area contributed by atoms with Crippen molar-refractivity contribution >= 4 is 5.91 Å². The number of amides is 1. The molecule has 2 rings (SSSR count). The van der Waals surface area contributed by atoms with Gasteiger partial charge in [0.25, 0.3) is 5.91 Å². The first kappa shape index (κ1) is 12.9. The SMILES string of the molecule is CC(C1CC1)N(C)C(=O)COc1ccccc1F. The maximum absolute atomic E-state index is 13.3. The van der Waals surface area contributed by atoms with E-state index in [1.165, 1.54) is 25.0 Å². The fourth-order valence-corrected chi connectivity index (χ4v) is 1.93. The predicted molar refractivity (Wildman–Crippen MR) is 66.9 cm³/mol. The zero-order valence-corrected chi connectivity index (χ0v) is 10.7. The maximum atomic E-state index is 13.3. The molecular formula is C14H18FNO2. The first-order valence-electron chi connectivity index (χ1n) is 6.22. The quantitative estimate of drug-likeness (QED) is 0.804. The highest BCUT2D eigenvalue weighted by molar-refractivity contribution is 5.77. The second-order valence-electron chi connectivity index (χ2n) is 4.80. The number of carbonyl (C=O) groups excluding carboxylic acids is 1. The molecular weight excluding hydrogens is 233 g/mol. The van der Waals surface area contributed by atoms with Crippen LogP contribution in [0.4, 0.5) is 4.39 Å². The van der Waals surface area contributed by atoms with Gasteiger partial charge in [0.15, 0.2) is 18.2 Å². The molecule has 0 aromatic heterocycles. The van der Waals surface area contributed by atoms with E-state index in [-0.39, 0.29) is 24.3 Å². The summed E-state index contributed by atoms with van der Waals surface area (Å²) in [6.45, 7) is 1.92. The number of nitrogens with zero attached hydrogens (tertiary/aromatic N) is 1. The lowest BCUT2D eigenvalue weighted by Crippen LogP contribution is -2.39. The summed E-state index contributed by atoms with van der Waals surface area (Å²) in [6, 6.07) is 6.34. The normalized spacial score (nSPS) is 16.2. The molecule has 1 aliphatic carbocycles. The number of benzene rings is 1. The molecule has 0 saturated heterocycles. The second kappa shape index (κ2) is 5.38. The van der Waals surface area contributed by atoms with Gasteiger partial charge < -0.3 is 9.64 Å². The summed E-state index contributed by atoms with van der Waals surface area (Å²) in [5, 5.41) is 0. The minimum Gasteiger partial charge on any atom is -0.481 e. The fourth-order valence-electron chi connectivity index (χ4n) is 1.93. The van der Waals surface area contributed by atoms with E-state index in [0.29, 0.717) is 5.92 Å². The van der Waals surface area contributed by atoms with Gasteiger partial charge in [-0.15, -0.1) is 0 Å². The number of para-hydroxylation sites is 1. The minimum absolute atomic E-state index is 0.113. The largest absolute Gasteiger partial charge is 0.481 e. The molecule has 98 valence electrons. The smallest absolute Gasteiger partial charge is 0.260 e. The molecule has 1 aliphatic rings. The lowest BCUT2D eigenvalue weighted by atomic mass is 10.2. The Morgan fingerprint density at radius 1 is 1.50 bits per heavy atom. The monoisotopic (exact) mass is 251 g/mol. The molecule has 1 aromatic carbocycles. The van der Waals surface area contributed by atoms with Gasteiger partial charge in [0.05, 0.1) is 0 Å². The molecule has 0 aliphatic heterocycles. The maximum Gasteiger partial charge on any atom is 0.260 e. The van der Waals surface area contributed by atoms with Crippen molar-refractivity contribution in [2.45, 2.75) is 25.8 Å². The summed E-state index contributed by atoms with van der Waals surface area (Å²) in [6.07, 6.45) is 2.37. The summed E-state index contributed by atoms with van der Waals surface area (Å²) in [7, 11) is 1.77. The second-order valence-corrected chi connectivity index (χ2v) is 4.80. The van der Waals surface area contributed by atoms with Crippen LogP contribution in [-0.4, -0.2) is 30.5 Å². The molecule has 1 aromatic rings. The molecule has 1 saturated carbocycles. The van der Waals surface area contributed by atoms with Crippen LogP contribution in [0.25, 0.3) is 0 Å². The van der Waals surface area contributed by atoms with Crippen molar-refractivity contribution < 1.29 is 13.9 Å². The number of hydrogen-bond donors (Lipinski definition) is 0. The van der Waals surface area contributed by atoms with Crippen LogP contribution in [0, 0.1) is 11.7 Å². The first-order valence-corrected chi connectivity index (χ1v) is 6.22. The molecule has 0 bridgehead atoms. The number of rotatable bonds is 5. The van der Waals surface area contributed by atoms with Crippen molar-refractivity contribution in [2.24, 2.45) is 5.92 Å². The van der Waals surface area contributed by atoms with Crippen molar-refractivity contribution in [1.29, 1.82) is 0 Å². The van der Waals surface area contributed by atoms with Gasteiger partial charge in [0.1, 0.15) is 0 Å². The van der Waals surface area contributed by atoms with E-state index in [1.807, 2.05) is 6.92 Å². The van der Waals surface area contributed by atoms with Gasteiger partial charge >= 0.3 is 0 Å². The number of carbonyl (C=O) groups is 1. The van der Waals surface area contributed by atoms with Gasteiger partial charge in [-0.1, -0.05) is 12.1 Å². The molecule has 1 amide bonds. The Kier molecular flexibility index (Phi) is 3.84. The standard InChI is InChI=1S/C14H18FNO2/c1-10(11-7-8-11)16(2)14(17)9-18-13-6-4-3-5-12(13)15/h3-6,10-11H,7-9H2,1-2H3. The van der Waals surface area contributed by atoms with Gasteiger partial charge in [-0.2, -0.15) is 0 Å². The third kappa shape index (κ3) is 3.00. The Hall–Kier alpha value is -1.58. The summed E-state index contributed by atoms with van der Waals surface area (Å²) < 4.78 is 18.5. The number of halogens is 1. The van der Waals surface area contributed by atoms with Crippen molar-refractivity contribution in [3.63, 3.8) is 0 Å². The Labute approximate surface area is 107 Å². The van der Waals surface area contributed by atoms with Crippen molar-refractivity contribution in [3.8, 4) is 5.75 Å². The molecule has 0 spiro atoms. The average molecular weight is 251 g/mol. The molecule has 3 nitrogen and oxygen atoms in total. The Bertz CT molecular complexity index is 432. The Morgan fingerprint density at radius 2 is 2.17 bits per heavy atom. The molecule has 0 heterocycles.